The predicted molar refractivity (Wildman–Crippen MR) is 92.7 cm³/mol. The number of carboxylic acids is 1. The molecule has 0 aromatic rings. The minimum absolute atomic E-state index is 0. The van der Waals surface area contributed by atoms with Crippen LogP contribution >= 0.6 is 9.24 Å². The highest BCUT2D eigenvalue weighted by molar-refractivity contribution is 7.19. The van der Waals surface area contributed by atoms with Crippen LogP contribution in [0.25, 0.3) is 0 Å². The summed E-state index contributed by atoms with van der Waals surface area (Å²) in [4.78, 5) is 9.24. The summed E-state index contributed by atoms with van der Waals surface area (Å²) >= 11 is 0. The van der Waals surface area contributed by atoms with Crippen molar-refractivity contribution < 1.29 is 9.90 Å². The fourth-order valence-corrected chi connectivity index (χ4v) is 2.57. The second-order valence-corrected chi connectivity index (χ2v) is 6.50. The van der Waals surface area contributed by atoms with Crippen molar-refractivity contribution in [2.75, 3.05) is 6.54 Å². The molecule has 5 heteroatoms. The second kappa shape index (κ2) is 16.9. The number of carboxylic acid groups (broad SMARTS) is 1. The van der Waals surface area contributed by atoms with Gasteiger partial charge in [0.1, 0.15) is 0 Å². The quantitative estimate of drug-likeness (QED) is 0.522. The lowest BCUT2D eigenvalue weighted by Crippen LogP contribution is -2.20. The molecule has 1 unspecified atom stereocenters. The molecule has 0 spiro atoms. The Labute approximate surface area is 128 Å². The molecule has 0 radical (unpaired) electrons. The van der Waals surface area contributed by atoms with Crippen molar-refractivity contribution in [1.82, 2.24) is 6.15 Å². The zero-order valence-electron chi connectivity index (χ0n) is 13.8. The number of hydrogen-bond donors (Lipinski definition) is 3. The molecule has 4 nitrogen and oxygen atoms in total. The fourth-order valence-electron chi connectivity index (χ4n) is 1.96. The van der Waals surface area contributed by atoms with Crippen LogP contribution in [0.15, 0.2) is 0 Å². The van der Waals surface area contributed by atoms with E-state index in [0.717, 1.165) is 0 Å². The van der Waals surface area contributed by atoms with E-state index in [9.17, 15) is 4.79 Å². The molecular weight excluding hydrogens is 271 g/mol. The standard InChI is InChI=1S/C13H29P.C2H5NO2.H3N/c1-4-7-10-13(14,11-8-5-2)12-9-6-3;3-1-2(4)5;/h4-12,14H2,1-3H3;1,3H2,(H,4,5);1H3. The van der Waals surface area contributed by atoms with Gasteiger partial charge in [-0.2, -0.15) is 0 Å². The van der Waals surface area contributed by atoms with E-state index in [4.69, 9.17) is 5.11 Å². The van der Waals surface area contributed by atoms with Crippen LogP contribution in [0.2, 0.25) is 0 Å². The molecule has 6 N–H and O–H groups in total. The van der Waals surface area contributed by atoms with Crippen molar-refractivity contribution in [2.24, 2.45) is 5.73 Å². The normalized spacial score (nSPS) is 10.2. The summed E-state index contributed by atoms with van der Waals surface area (Å²) in [5, 5.41) is 8.17. The Balaban J connectivity index is -0.000000414. The molecule has 0 saturated carbocycles. The summed E-state index contributed by atoms with van der Waals surface area (Å²) in [5.74, 6) is -0.968. The van der Waals surface area contributed by atoms with E-state index in [2.05, 4.69) is 35.7 Å². The molecule has 0 aromatic carbocycles. The molecule has 20 heavy (non-hydrogen) atoms. The van der Waals surface area contributed by atoms with Crippen LogP contribution in [0.1, 0.15) is 78.6 Å². The summed E-state index contributed by atoms with van der Waals surface area (Å²) in [6.45, 7) is 6.61. The highest BCUT2D eigenvalue weighted by Gasteiger charge is 2.22. The molecule has 0 heterocycles. The maximum atomic E-state index is 9.24. The zero-order valence-corrected chi connectivity index (χ0v) is 14.9. The van der Waals surface area contributed by atoms with Crippen molar-refractivity contribution in [3.05, 3.63) is 0 Å². The molecule has 0 fully saturated rings. The Bertz CT molecular complexity index is 192. The van der Waals surface area contributed by atoms with Gasteiger partial charge in [0.15, 0.2) is 0 Å². The Morgan fingerprint density at radius 1 is 1.00 bits per heavy atom. The van der Waals surface area contributed by atoms with Gasteiger partial charge in [-0.25, -0.2) is 0 Å². The molecule has 0 aliphatic carbocycles. The van der Waals surface area contributed by atoms with Gasteiger partial charge in [0.25, 0.3) is 0 Å². The first-order valence-corrected chi connectivity index (χ1v) is 8.24. The van der Waals surface area contributed by atoms with Crippen LogP contribution < -0.4 is 11.9 Å². The third kappa shape index (κ3) is 17.8. The summed E-state index contributed by atoms with van der Waals surface area (Å²) in [5.41, 5.74) is 4.57. The van der Waals surface area contributed by atoms with Gasteiger partial charge in [0, 0.05) is 0 Å². The van der Waals surface area contributed by atoms with E-state index in [0.29, 0.717) is 5.16 Å². The lowest BCUT2D eigenvalue weighted by molar-refractivity contribution is -0.135. The first-order chi connectivity index (χ1) is 8.95. The van der Waals surface area contributed by atoms with E-state index >= 15 is 0 Å². The number of rotatable bonds is 10. The largest absolute Gasteiger partial charge is 0.480 e. The number of unbranched alkanes of at least 4 members (excludes halogenated alkanes) is 3. The Hall–Kier alpha value is -0.180. The summed E-state index contributed by atoms with van der Waals surface area (Å²) < 4.78 is 0. The van der Waals surface area contributed by atoms with Crippen LogP contribution in [0.5, 0.6) is 0 Å². The van der Waals surface area contributed by atoms with Crippen molar-refractivity contribution in [3.8, 4) is 0 Å². The van der Waals surface area contributed by atoms with Crippen molar-refractivity contribution in [3.63, 3.8) is 0 Å². The maximum Gasteiger partial charge on any atom is 0.317 e. The van der Waals surface area contributed by atoms with Gasteiger partial charge >= 0.3 is 5.97 Å². The van der Waals surface area contributed by atoms with Gasteiger partial charge in [-0.05, 0) is 24.4 Å². The van der Waals surface area contributed by atoms with E-state index in [-0.39, 0.29) is 12.7 Å². The van der Waals surface area contributed by atoms with E-state index in [1.165, 1.54) is 57.8 Å². The Kier molecular flexibility index (Phi) is 20.9. The molecule has 0 bridgehead atoms. The smallest absolute Gasteiger partial charge is 0.317 e. The SMILES string of the molecule is CCCCC(P)(CCCC)CCCC.N.NCC(=O)O. The van der Waals surface area contributed by atoms with Gasteiger partial charge in [0.2, 0.25) is 0 Å². The first-order valence-electron chi connectivity index (χ1n) is 7.66. The number of hydrogen-bond acceptors (Lipinski definition) is 3. The molecule has 1 atom stereocenters. The van der Waals surface area contributed by atoms with Gasteiger partial charge in [0.05, 0.1) is 6.54 Å². The van der Waals surface area contributed by atoms with Crippen LogP contribution in [0.4, 0.5) is 0 Å². The topological polar surface area (TPSA) is 98.3 Å². The lowest BCUT2D eigenvalue weighted by atomic mass is 9.90. The second-order valence-electron chi connectivity index (χ2n) is 5.27. The molecule has 0 saturated heterocycles. The van der Waals surface area contributed by atoms with E-state index in [1.807, 2.05) is 0 Å². The summed E-state index contributed by atoms with van der Waals surface area (Å²) in [7, 11) is 3.17. The fraction of sp³-hybridized carbons (Fsp3) is 0.933. The van der Waals surface area contributed by atoms with Gasteiger partial charge in [-0.3, -0.25) is 4.79 Å². The molecule has 0 aromatic heterocycles. The highest BCUT2D eigenvalue weighted by atomic mass is 31.0. The van der Waals surface area contributed by atoms with Gasteiger partial charge < -0.3 is 17.0 Å². The van der Waals surface area contributed by atoms with Crippen molar-refractivity contribution in [2.45, 2.75) is 83.7 Å². The summed E-state index contributed by atoms with van der Waals surface area (Å²) in [6.07, 6.45) is 12.5. The number of carbonyl (C=O) groups is 1. The van der Waals surface area contributed by atoms with E-state index < -0.39 is 5.97 Å². The Morgan fingerprint density at radius 3 is 1.40 bits per heavy atom. The summed E-state index contributed by atoms with van der Waals surface area (Å²) in [6, 6.07) is 0. The zero-order chi connectivity index (χ0) is 15.1. The van der Waals surface area contributed by atoms with Gasteiger partial charge in [-0.1, -0.05) is 59.3 Å². The monoisotopic (exact) mass is 308 g/mol. The number of aliphatic carboxylic acids is 1. The minimum atomic E-state index is -0.968. The van der Waals surface area contributed by atoms with Crippen molar-refractivity contribution in [1.29, 1.82) is 0 Å². The predicted octanol–water partition coefficient (Wildman–Crippen LogP) is 4.36. The van der Waals surface area contributed by atoms with Crippen LogP contribution in [-0.4, -0.2) is 22.8 Å². The average molecular weight is 308 g/mol. The maximum absolute atomic E-state index is 9.24. The van der Waals surface area contributed by atoms with Crippen molar-refractivity contribution >= 4 is 15.2 Å². The third-order valence-electron chi connectivity index (χ3n) is 3.26. The molecule has 124 valence electrons. The molecule has 0 aliphatic rings. The van der Waals surface area contributed by atoms with Crippen LogP contribution in [-0.2, 0) is 4.79 Å². The van der Waals surface area contributed by atoms with Crippen LogP contribution in [0, 0.1) is 0 Å². The Morgan fingerprint density at radius 2 is 1.25 bits per heavy atom. The number of nitrogens with two attached hydrogens (primary N) is 1. The third-order valence-corrected chi connectivity index (χ3v) is 4.13. The highest BCUT2D eigenvalue weighted by Crippen LogP contribution is 2.36. The molecular formula is C15H37N2O2P. The molecule has 0 aliphatic heterocycles. The van der Waals surface area contributed by atoms with E-state index in [1.54, 1.807) is 0 Å². The lowest BCUT2D eigenvalue weighted by Gasteiger charge is -2.29. The molecule has 0 rings (SSSR count). The van der Waals surface area contributed by atoms with Gasteiger partial charge in [-0.15, -0.1) is 9.24 Å². The first kappa shape index (κ1) is 24.8. The van der Waals surface area contributed by atoms with Crippen LogP contribution in [0.3, 0.4) is 0 Å². The minimum Gasteiger partial charge on any atom is -0.480 e. The molecule has 0 amide bonds. The average Bonchev–Trinajstić information content (AvgIpc) is 2.41.